The Kier molecular flexibility index (Phi) is 5.61. The Morgan fingerprint density at radius 2 is 1.93 bits per heavy atom. The Hall–Kier alpha value is -2.59. The molecule has 0 bridgehead atoms. The first-order valence-electron chi connectivity index (χ1n) is 7.88. The topological polar surface area (TPSA) is 75.3 Å². The third kappa shape index (κ3) is 3.97. The minimum absolute atomic E-state index is 0.0676. The number of furan rings is 1. The van der Waals surface area contributed by atoms with E-state index in [4.69, 9.17) is 20.8 Å². The molecule has 1 aliphatic heterocycles. The van der Waals surface area contributed by atoms with Crippen LogP contribution in [-0.4, -0.2) is 40.3 Å². The van der Waals surface area contributed by atoms with Crippen molar-refractivity contribution in [2.24, 2.45) is 5.10 Å². The lowest BCUT2D eigenvalue weighted by molar-refractivity contribution is -0.164. The van der Waals surface area contributed by atoms with Crippen molar-refractivity contribution in [2.75, 3.05) is 0 Å². The summed E-state index contributed by atoms with van der Waals surface area (Å²) in [4.78, 5) is 12.4. The van der Waals surface area contributed by atoms with E-state index in [9.17, 15) is 27.5 Å². The molecule has 1 aromatic carbocycles. The zero-order chi connectivity index (χ0) is 20.5. The van der Waals surface area contributed by atoms with Gasteiger partial charge in [-0.05, 0) is 36.4 Å². The number of rotatable bonds is 6. The summed E-state index contributed by atoms with van der Waals surface area (Å²) in [7, 11) is 0. The molecule has 11 heteroatoms. The number of hydrogen-bond acceptors (Lipinski definition) is 5. The van der Waals surface area contributed by atoms with E-state index >= 15 is 0 Å². The molecule has 6 nitrogen and oxygen atoms in total. The number of hydrogen-bond donors (Lipinski definition) is 1. The number of halogens is 5. The molecule has 0 spiro atoms. The summed E-state index contributed by atoms with van der Waals surface area (Å²) in [5.41, 5.74) is -4.19. The van der Waals surface area contributed by atoms with Crippen molar-refractivity contribution in [1.29, 1.82) is 0 Å². The van der Waals surface area contributed by atoms with Crippen molar-refractivity contribution in [3.8, 4) is 5.75 Å². The largest absolute Gasteiger partial charge is 0.486 e. The highest BCUT2D eigenvalue weighted by Crippen LogP contribution is 2.34. The van der Waals surface area contributed by atoms with E-state index in [1.807, 2.05) is 0 Å². The summed E-state index contributed by atoms with van der Waals surface area (Å²) in [6.07, 6.45) is -7.87. The number of alkyl halides is 4. The summed E-state index contributed by atoms with van der Waals surface area (Å²) in [6.45, 7) is -0.0976. The van der Waals surface area contributed by atoms with E-state index < -0.39 is 42.4 Å². The molecule has 0 unspecified atom stereocenters. The smallest absolute Gasteiger partial charge is 0.312 e. The third-order valence-electron chi connectivity index (χ3n) is 3.90. The van der Waals surface area contributed by atoms with Crippen LogP contribution >= 0.6 is 11.6 Å². The van der Waals surface area contributed by atoms with Gasteiger partial charge in [0.2, 0.25) is 5.72 Å². The van der Waals surface area contributed by atoms with Gasteiger partial charge in [0.05, 0.1) is 0 Å². The van der Waals surface area contributed by atoms with Gasteiger partial charge in [-0.2, -0.15) is 10.1 Å². The summed E-state index contributed by atoms with van der Waals surface area (Å²) in [6, 6.07) is 8.90. The number of amides is 1. The van der Waals surface area contributed by atoms with Gasteiger partial charge in [-0.1, -0.05) is 11.6 Å². The van der Waals surface area contributed by atoms with E-state index in [1.54, 1.807) is 24.3 Å². The molecule has 3 rings (SSSR count). The van der Waals surface area contributed by atoms with Crippen LogP contribution < -0.4 is 4.74 Å². The van der Waals surface area contributed by atoms with Gasteiger partial charge in [0.15, 0.2) is 5.76 Å². The first-order valence-corrected chi connectivity index (χ1v) is 8.26. The van der Waals surface area contributed by atoms with Gasteiger partial charge >= 0.3 is 5.91 Å². The minimum Gasteiger partial charge on any atom is -0.486 e. The van der Waals surface area contributed by atoms with E-state index in [-0.39, 0.29) is 17.4 Å². The first-order chi connectivity index (χ1) is 13.2. The van der Waals surface area contributed by atoms with Gasteiger partial charge in [-0.25, -0.2) is 17.6 Å². The second kappa shape index (κ2) is 7.80. The van der Waals surface area contributed by atoms with Crippen molar-refractivity contribution in [2.45, 2.75) is 31.6 Å². The fraction of sp³-hybridized carbons (Fsp3) is 0.294. The number of benzene rings is 1. The number of nitrogens with zero attached hydrogens (tertiary/aromatic N) is 2. The minimum atomic E-state index is -3.51. The zero-order valence-electron chi connectivity index (χ0n) is 14.0. The van der Waals surface area contributed by atoms with Crippen LogP contribution in [0.3, 0.4) is 0 Å². The van der Waals surface area contributed by atoms with Crippen LogP contribution in [0.15, 0.2) is 45.9 Å². The molecule has 150 valence electrons. The molecular weight excluding hydrogens is 408 g/mol. The Labute approximate surface area is 160 Å². The lowest BCUT2D eigenvalue weighted by atomic mass is 10.1. The highest BCUT2D eigenvalue weighted by atomic mass is 35.5. The van der Waals surface area contributed by atoms with E-state index in [1.165, 1.54) is 6.07 Å². The van der Waals surface area contributed by atoms with Crippen molar-refractivity contribution in [1.82, 2.24) is 5.01 Å². The Bertz CT molecular complexity index is 888. The summed E-state index contributed by atoms with van der Waals surface area (Å²) in [5.74, 6) is -1.12. The summed E-state index contributed by atoms with van der Waals surface area (Å²) < 4.78 is 62.7. The number of carbonyl (C=O) groups excluding carboxylic acids is 1. The van der Waals surface area contributed by atoms with Gasteiger partial charge < -0.3 is 14.3 Å². The van der Waals surface area contributed by atoms with Crippen LogP contribution in [0, 0.1) is 0 Å². The first kappa shape index (κ1) is 20.2. The molecule has 28 heavy (non-hydrogen) atoms. The highest BCUT2D eigenvalue weighted by Gasteiger charge is 2.53. The predicted molar refractivity (Wildman–Crippen MR) is 89.7 cm³/mol. The van der Waals surface area contributed by atoms with Gasteiger partial charge in [0.1, 0.15) is 23.8 Å². The lowest BCUT2D eigenvalue weighted by Crippen LogP contribution is -2.51. The predicted octanol–water partition coefficient (Wildman–Crippen LogP) is 3.93. The molecule has 0 aliphatic carbocycles. The number of hydrazone groups is 1. The lowest BCUT2D eigenvalue weighted by Gasteiger charge is -2.29. The number of ether oxygens (including phenoxy) is 1. The average molecular weight is 421 g/mol. The molecule has 0 fully saturated rings. The maximum Gasteiger partial charge on any atom is 0.312 e. The fourth-order valence-corrected chi connectivity index (χ4v) is 2.59. The van der Waals surface area contributed by atoms with Gasteiger partial charge in [0, 0.05) is 11.4 Å². The molecule has 2 heterocycles. The molecule has 1 aromatic heterocycles. The normalized spacial score (nSPS) is 19.4. The second-order valence-corrected chi connectivity index (χ2v) is 6.31. The molecule has 1 aliphatic rings. The standard InChI is InChI=1S/C17H13ClF4N2O4/c18-9-1-3-10(4-2-9)27-8-11-5-6-13(28-11)15(25)24-17(26,16(21)22)7-12(23-24)14(19)20/h1-6,14,16,26H,7-8H2/t17-/m0/s1. The number of aliphatic hydroxyl groups is 1. The molecular formula is C17H13ClF4N2O4. The van der Waals surface area contributed by atoms with Gasteiger partial charge in [-0.15, -0.1) is 0 Å². The molecule has 1 atom stereocenters. The maximum absolute atomic E-state index is 13.2. The van der Waals surface area contributed by atoms with Gasteiger partial charge in [0.25, 0.3) is 12.9 Å². The highest BCUT2D eigenvalue weighted by molar-refractivity contribution is 6.30. The van der Waals surface area contributed by atoms with Crippen molar-refractivity contribution >= 4 is 23.2 Å². The maximum atomic E-state index is 13.2. The zero-order valence-corrected chi connectivity index (χ0v) is 14.7. The van der Waals surface area contributed by atoms with Crippen LogP contribution in [0.4, 0.5) is 17.6 Å². The molecule has 0 saturated heterocycles. The van der Waals surface area contributed by atoms with Crippen LogP contribution in [0.1, 0.15) is 22.7 Å². The van der Waals surface area contributed by atoms with Crippen molar-refractivity contribution < 1.29 is 36.6 Å². The monoisotopic (exact) mass is 420 g/mol. The van der Waals surface area contributed by atoms with Crippen molar-refractivity contribution in [3.05, 3.63) is 52.9 Å². The SMILES string of the molecule is O=C(c1ccc(COc2ccc(Cl)cc2)o1)N1N=C(C(F)F)C[C@]1(O)C(F)F. The van der Waals surface area contributed by atoms with Crippen LogP contribution in [0.25, 0.3) is 0 Å². The molecule has 0 saturated carbocycles. The second-order valence-electron chi connectivity index (χ2n) is 5.87. The van der Waals surface area contributed by atoms with Gasteiger partial charge in [-0.3, -0.25) is 4.79 Å². The van der Waals surface area contributed by atoms with Crippen LogP contribution in [0.5, 0.6) is 5.75 Å². The Balaban J connectivity index is 1.74. The summed E-state index contributed by atoms with van der Waals surface area (Å²) in [5, 5.41) is 13.6. The fourth-order valence-electron chi connectivity index (χ4n) is 2.46. The number of carbonyl (C=O) groups is 1. The van der Waals surface area contributed by atoms with Crippen molar-refractivity contribution in [3.63, 3.8) is 0 Å². The Morgan fingerprint density at radius 3 is 2.54 bits per heavy atom. The molecule has 1 amide bonds. The summed E-state index contributed by atoms with van der Waals surface area (Å²) >= 11 is 5.76. The molecule has 1 N–H and O–H groups in total. The quantitative estimate of drug-likeness (QED) is 0.718. The molecule has 2 aromatic rings. The Morgan fingerprint density at radius 1 is 1.25 bits per heavy atom. The van der Waals surface area contributed by atoms with E-state index in [0.29, 0.717) is 10.8 Å². The van der Waals surface area contributed by atoms with E-state index in [0.717, 1.165) is 6.07 Å². The molecule has 0 radical (unpaired) electrons. The average Bonchev–Trinajstić information content (AvgIpc) is 3.26. The van der Waals surface area contributed by atoms with Crippen LogP contribution in [-0.2, 0) is 6.61 Å². The van der Waals surface area contributed by atoms with E-state index in [2.05, 4.69) is 5.10 Å². The van der Waals surface area contributed by atoms with Crippen LogP contribution in [0.2, 0.25) is 5.02 Å². The third-order valence-corrected chi connectivity index (χ3v) is 4.15.